The van der Waals surface area contributed by atoms with Gasteiger partial charge in [0.2, 0.25) is 0 Å². The van der Waals surface area contributed by atoms with Gasteiger partial charge in [0, 0.05) is 35.2 Å². The van der Waals surface area contributed by atoms with Gasteiger partial charge in [-0.2, -0.15) is 0 Å². The average Bonchev–Trinajstić information content (AvgIpc) is 3.44. The highest BCUT2D eigenvalue weighted by molar-refractivity contribution is 7.97. The number of H-pyrrole nitrogens is 1. The first kappa shape index (κ1) is 21.8. The minimum atomic E-state index is 0.263. The predicted octanol–water partition coefficient (Wildman–Crippen LogP) is 6.00. The third-order valence-corrected chi connectivity index (χ3v) is 6.11. The number of nitrogens with one attached hydrogen (secondary N) is 1. The van der Waals surface area contributed by atoms with Gasteiger partial charge in [-0.15, -0.1) is 0 Å². The van der Waals surface area contributed by atoms with Crippen LogP contribution >= 0.6 is 23.5 Å². The van der Waals surface area contributed by atoms with Crippen LogP contribution in [0.3, 0.4) is 0 Å². The van der Waals surface area contributed by atoms with Gasteiger partial charge in [-0.25, -0.2) is 0 Å². The van der Waals surface area contributed by atoms with Crippen LogP contribution < -0.4 is 9.88 Å². The highest BCUT2D eigenvalue weighted by Crippen LogP contribution is 2.38. The zero-order valence-electron chi connectivity index (χ0n) is 17.1. The van der Waals surface area contributed by atoms with Crippen LogP contribution in [0, 0.1) is 0 Å². The van der Waals surface area contributed by atoms with E-state index < -0.39 is 0 Å². The van der Waals surface area contributed by atoms with Crippen molar-refractivity contribution in [2.75, 3.05) is 13.2 Å². The molecule has 0 amide bonds. The Balaban J connectivity index is 0.000000158. The number of ether oxygens (including phenoxy) is 1. The van der Waals surface area contributed by atoms with Gasteiger partial charge in [0.25, 0.3) is 0 Å². The second kappa shape index (κ2) is 10.2. The molecule has 0 atom stereocenters. The molecule has 0 saturated carbocycles. The molecule has 160 valence electrons. The number of rotatable bonds is 5. The van der Waals surface area contributed by atoms with E-state index in [1.54, 1.807) is 0 Å². The Kier molecular flexibility index (Phi) is 7.20. The molecule has 1 aliphatic heterocycles. The Hall–Kier alpha value is -2.44. The van der Waals surface area contributed by atoms with Gasteiger partial charge in [-0.3, -0.25) is 5.14 Å². The largest absolute Gasteiger partial charge is 0.492 e. The van der Waals surface area contributed by atoms with Gasteiger partial charge in [0.05, 0.1) is 11.5 Å². The summed E-state index contributed by atoms with van der Waals surface area (Å²) in [4.78, 5) is 4.20. The molecule has 5 rings (SSSR count). The van der Waals surface area contributed by atoms with E-state index in [0.717, 1.165) is 52.7 Å². The number of aryl methyl sites for hydroxylation is 1. The maximum Gasteiger partial charge on any atom is 0.137 e. The van der Waals surface area contributed by atoms with Crippen LogP contribution in [0.5, 0.6) is 5.75 Å². The molecule has 0 radical (unpaired) electrons. The highest BCUT2D eigenvalue weighted by atomic mass is 35.5. The number of fused-ring (bicyclic) bond motifs is 2. The fourth-order valence-electron chi connectivity index (χ4n) is 3.80. The first-order valence-corrected chi connectivity index (χ1v) is 11.5. The molecule has 0 saturated heterocycles. The number of hydrogen-bond donors (Lipinski definition) is 3. The molecule has 2 heterocycles. The summed E-state index contributed by atoms with van der Waals surface area (Å²) in [6, 6.07) is 20.3. The fraction of sp³-hybridized carbons (Fsp3) is 0.200. The lowest BCUT2D eigenvalue weighted by Crippen LogP contribution is -1.90. The first-order valence-electron chi connectivity index (χ1n) is 10.3. The van der Waals surface area contributed by atoms with E-state index in [1.807, 2.05) is 42.6 Å². The monoisotopic (exact) mass is 452 g/mol. The Morgan fingerprint density at radius 1 is 1.06 bits per heavy atom. The molecule has 31 heavy (non-hydrogen) atoms. The lowest BCUT2D eigenvalue weighted by Gasteiger charge is -2.09. The number of aliphatic hydroxyl groups excluding tert-OH is 1. The molecular weight excluding hydrogens is 428 g/mol. The number of aromatic nitrogens is 1. The molecule has 6 heteroatoms. The van der Waals surface area contributed by atoms with Gasteiger partial charge in [-0.1, -0.05) is 41.9 Å². The van der Waals surface area contributed by atoms with Crippen LogP contribution in [0.2, 0.25) is 5.02 Å². The smallest absolute Gasteiger partial charge is 0.137 e. The Labute approximate surface area is 191 Å². The summed E-state index contributed by atoms with van der Waals surface area (Å²) in [5, 5.41) is 16.5. The maximum absolute atomic E-state index is 8.73. The lowest BCUT2D eigenvalue weighted by molar-refractivity contribution is 0.289. The summed E-state index contributed by atoms with van der Waals surface area (Å²) < 4.78 is 5.61. The van der Waals surface area contributed by atoms with Crippen LogP contribution in [0.15, 0.2) is 71.8 Å². The van der Waals surface area contributed by atoms with Gasteiger partial charge < -0.3 is 14.8 Å². The fourth-order valence-corrected chi connectivity index (χ4v) is 4.49. The molecular formula is C25H25ClN2O2S. The van der Waals surface area contributed by atoms with Crippen molar-refractivity contribution in [1.29, 1.82) is 0 Å². The minimum Gasteiger partial charge on any atom is -0.492 e. The second-order valence-electron chi connectivity index (χ2n) is 7.38. The molecule has 4 nitrogen and oxygen atoms in total. The molecule has 4 aromatic rings. The number of para-hydroxylation sites is 1. The summed E-state index contributed by atoms with van der Waals surface area (Å²) >= 11 is 7.26. The van der Waals surface area contributed by atoms with E-state index in [0.29, 0.717) is 0 Å². The quantitative estimate of drug-likeness (QED) is 0.325. The van der Waals surface area contributed by atoms with Crippen molar-refractivity contribution in [1.82, 2.24) is 4.98 Å². The van der Waals surface area contributed by atoms with Crippen LogP contribution in [0.25, 0.3) is 22.0 Å². The summed E-state index contributed by atoms with van der Waals surface area (Å²) in [6.45, 7) is 1.00. The van der Waals surface area contributed by atoms with Gasteiger partial charge in [0.15, 0.2) is 0 Å². The van der Waals surface area contributed by atoms with Crippen LogP contribution in [0.1, 0.15) is 17.5 Å². The summed E-state index contributed by atoms with van der Waals surface area (Å²) in [5.41, 5.74) is 5.93. The molecule has 3 aromatic carbocycles. The van der Waals surface area contributed by atoms with Crippen LogP contribution in [-0.2, 0) is 12.8 Å². The second-order valence-corrected chi connectivity index (χ2v) is 8.49. The van der Waals surface area contributed by atoms with Crippen LogP contribution in [-0.4, -0.2) is 23.3 Å². The summed E-state index contributed by atoms with van der Waals surface area (Å²) in [7, 11) is 0. The Morgan fingerprint density at radius 3 is 2.74 bits per heavy atom. The van der Waals surface area contributed by atoms with Crippen LogP contribution in [0.4, 0.5) is 0 Å². The van der Waals surface area contributed by atoms with Gasteiger partial charge in [-0.05, 0) is 77.4 Å². The van der Waals surface area contributed by atoms with E-state index in [4.69, 9.17) is 26.6 Å². The van der Waals surface area contributed by atoms with Crippen molar-refractivity contribution < 1.29 is 9.84 Å². The standard InChI is InChI=1S/C14H12ClNOS.C11H13NO/c15-12-3-1-2-9(7-12)11-6-10-4-5-17-14(10)13(8-11)18-16;13-7-3-4-9-8-12-11-6-2-1-5-10(9)11/h1-3,6-8H,4-5,16H2;1-2,5-6,8,12-13H,3-4,7H2. The number of nitrogens with two attached hydrogens (primary N) is 1. The highest BCUT2D eigenvalue weighted by Gasteiger charge is 2.18. The number of aromatic amines is 1. The maximum atomic E-state index is 8.73. The summed E-state index contributed by atoms with van der Waals surface area (Å²) in [6.07, 6.45) is 4.75. The van der Waals surface area contributed by atoms with E-state index in [2.05, 4.69) is 29.2 Å². The molecule has 0 spiro atoms. The third kappa shape index (κ3) is 5.08. The minimum absolute atomic E-state index is 0.263. The van der Waals surface area contributed by atoms with Crippen molar-refractivity contribution in [3.8, 4) is 16.9 Å². The number of aliphatic hydroxyl groups is 1. The predicted molar refractivity (Wildman–Crippen MR) is 130 cm³/mol. The van der Waals surface area contributed by atoms with Gasteiger partial charge >= 0.3 is 0 Å². The molecule has 0 aliphatic carbocycles. The zero-order chi connectivity index (χ0) is 21.6. The first-order chi connectivity index (χ1) is 15.2. The van der Waals surface area contributed by atoms with E-state index in [1.165, 1.54) is 34.0 Å². The van der Waals surface area contributed by atoms with Gasteiger partial charge in [0.1, 0.15) is 5.75 Å². The van der Waals surface area contributed by atoms with E-state index >= 15 is 0 Å². The summed E-state index contributed by atoms with van der Waals surface area (Å²) in [5.74, 6) is 0.938. The SMILES string of the molecule is NSc1cc(-c2cccc(Cl)c2)cc2c1OCC2.OCCCc1c[nH]c2ccccc12. The van der Waals surface area contributed by atoms with Crippen molar-refractivity contribution in [2.24, 2.45) is 5.14 Å². The molecule has 0 unspecified atom stereocenters. The molecule has 1 aromatic heterocycles. The van der Waals surface area contributed by atoms with Crippen molar-refractivity contribution in [3.63, 3.8) is 0 Å². The molecule has 1 aliphatic rings. The molecule has 0 bridgehead atoms. The number of hydrogen-bond acceptors (Lipinski definition) is 4. The number of benzene rings is 3. The topological polar surface area (TPSA) is 71.3 Å². The van der Waals surface area contributed by atoms with Crippen molar-refractivity contribution >= 4 is 34.5 Å². The van der Waals surface area contributed by atoms with Crippen molar-refractivity contribution in [2.45, 2.75) is 24.2 Å². The van der Waals surface area contributed by atoms with E-state index in [9.17, 15) is 0 Å². The Morgan fingerprint density at radius 2 is 1.94 bits per heavy atom. The van der Waals surface area contributed by atoms with E-state index in [-0.39, 0.29) is 6.61 Å². The molecule has 4 N–H and O–H groups in total. The van der Waals surface area contributed by atoms with Crippen molar-refractivity contribution in [3.05, 3.63) is 83.0 Å². The lowest BCUT2D eigenvalue weighted by atomic mass is 10.0. The third-order valence-electron chi connectivity index (χ3n) is 5.31. The Bertz CT molecular complexity index is 1180. The molecule has 0 fully saturated rings. The normalized spacial score (nSPS) is 12.2. The average molecular weight is 453 g/mol. The zero-order valence-corrected chi connectivity index (χ0v) is 18.7. The number of halogens is 1.